The van der Waals surface area contributed by atoms with E-state index in [2.05, 4.69) is 21.3 Å². The third-order valence-electron chi connectivity index (χ3n) is 5.31. The number of rotatable bonds is 4. The van der Waals surface area contributed by atoms with E-state index in [4.69, 9.17) is 10.00 Å². The van der Waals surface area contributed by atoms with Crippen molar-refractivity contribution in [2.45, 2.75) is 12.5 Å². The van der Waals surface area contributed by atoms with Gasteiger partial charge in [-0.2, -0.15) is 5.26 Å². The zero-order chi connectivity index (χ0) is 20.9. The fourth-order valence-electron chi connectivity index (χ4n) is 3.68. The van der Waals surface area contributed by atoms with E-state index in [1.165, 1.54) is 4.90 Å². The zero-order valence-electron chi connectivity index (χ0n) is 16.5. The van der Waals surface area contributed by atoms with Crippen LogP contribution in [0.15, 0.2) is 30.5 Å². The first kappa shape index (κ1) is 20.4. The number of nitrogens with one attached hydrogen (secondary N) is 1. The zero-order valence-corrected chi connectivity index (χ0v) is 17.4. The van der Waals surface area contributed by atoms with Gasteiger partial charge in [-0.1, -0.05) is 0 Å². The summed E-state index contributed by atoms with van der Waals surface area (Å²) in [6.07, 6.45) is 2.56. The van der Waals surface area contributed by atoms with Gasteiger partial charge in [0.05, 0.1) is 36.2 Å². The number of aromatic nitrogens is 1. The SMILES string of the molecule is N#CC1CSCN1C(=O)CNC(=O)c1ccnc2ccc(N3CCCOCC3)cc12. The number of carbonyl (C=O) groups is 2. The summed E-state index contributed by atoms with van der Waals surface area (Å²) in [6, 6.07) is 9.27. The molecule has 156 valence electrons. The first-order valence-corrected chi connectivity index (χ1v) is 11.1. The summed E-state index contributed by atoms with van der Waals surface area (Å²) in [7, 11) is 0. The van der Waals surface area contributed by atoms with E-state index in [1.807, 2.05) is 18.2 Å². The van der Waals surface area contributed by atoms with Crippen molar-refractivity contribution in [2.24, 2.45) is 0 Å². The number of benzene rings is 1. The number of ether oxygens (including phenoxy) is 1. The van der Waals surface area contributed by atoms with Crippen LogP contribution in [0, 0.1) is 11.3 Å². The Morgan fingerprint density at radius 3 is 3.07 bits per heavy atom. The molecule has 0 radical (unpaired) electrons. The number of carbonyl (C=O) groups excluding carboxylic acids is 2. The fraction of sp³-hybridized carbons (Fsp3) is 0.429. The molecular formula is C21H23N5O3S. The maximum absolute atomic E-state index is 12.9. The summed E-state index contributed by atoms with van der Waals surface area (Å²) >= 11 is 1.54. The van der Waals surface area contributed by atoms with Gasteiger partial charge in [-0.25, -0.2) is 0 Å². The number of nitriles is 1. The lowest BCUT2D eigenvalue weighted by Crippen LogP contribution is -2.42. The normalized spacial score (nSPS) is 19.4. The van der Waals surface area contributed by atoms with Crippen molar-refractivity contribution >= 4 is 40.2 Å². The van der Waals surface area contributed by atoms with Gasteiger partial charge in [-0.15, -0.1) is 11.8 Å². The predicted octanol–water partition coefficient (Wildman–Crippen LogP) is 1.62. The smallest absolute Gasteiger partial charge is 0.252 e. The highest BCUT2D eigenvalue weighted by Crippen LogP contribution is 2.25. The Hall–Kier alpha value is -2.83. The molecule has 2 amide bonds. The van der Waals surface area contributed by atoms with Crippen molar-refractivity contribution < 1.29 is 14.3 Å². The molecule has 1 aromatic carbocycles. The second-order valence-electron chi connectivity index (χ2n) is 7.20. The molecule has 0 bridgehead atoms. The first-order chi connectivity index (χ1) is 14.7. The molecule has 2 aromatic rings. The second kappa shape index (κ2) is 9.32. The largest absolute Gasteiger partial charge is 0.380 e. The highest BCUT2D eigenvalue weighted by Gasteiger charge is 2.29. The van der Waals surface area contributed by atoms with Gasteiger partial charge in [0, 0.05) is 42.7 Å². The minimum Gasteiger partial charge on any atom is -0.380 e. The van der Waals surface area contributed by atoms with Crippen LogP contribution in [-0.2, 0) is 9.53 Å². The lowest BCUT2D eigenvalue weighted by atomic mass is 10.1. The molecule has 1 unspecified atom stereocenters. The highest BCUT2D eigenvalue weighted by atomic mass is 32.2. The molecule has 8 nitrogen and oxygen atoms in total. The number of pyridine rings is 1. The number of anilines is 1. The molecule has 4 rings (SSSR count). The molecule has 2 aliphatic heterocycles. The van der Waals surface area contributed by atoms with Crippen molar-refractivity contribution in [3.63, 3.8) is 0 Å². The number of fused-ring (bicyclic) bond motifs is 1. The first-order valence-electron chi connectivity index (χ1n) is 9.94. The van der Waals surface area contributed by atoms with Gasteiger partial charge in [0.2, 0.25) is 5.91 Å². The van der Waals surface area contributed by atoms with Crippen molar-refractivity contribution in [3.8, 4) is 6.07 Å². The quantitative estimate of drug-likeness (QED) is 0.795. The summed E-state index contributed by atoms with van der Waals surface area (Å²) in [4.78, 5) is 33.4. The molecule has 2 saturated heterocycles. The van der Waals surface area contributed by atoms with Crippen LogP contribution in [0.4, 0.5) is 5.69 Å². The van der Waals surface area contributed by atoms with E-state index in [0.29, 0.717) is 23.8 Å². The molecule has 0 aliphatic carbocycles. The molecule has 1 aromatic heterocycles. The van der Waals surface area contributed by atoms with E-state index >= 15 is 0 Å². The van der Waals surface area contributed by atoms with Crippen LogP contribution in [-0.4, -0.2) is 72.2 Å². The molecule has 0 saturated carbocycles. The molecule has 1 N–H and O–H groups in total. The van der Waals surface area contributed by atoms with E-state index < -0.39 is 6.04 Å². The van der Waals surface area contributed by atoms with E-state index in [-0.39, 0.29) is 18.4 Å². The van der Waals surface area contributed by atoms with Crippen LogP contribution in [0.5, 0.6) is 0 Å². The van der Waals surface area contributed by atoms with Crippen LogP contribution in [0.2, 0.25) is 0 Å². The highest BCUT2D eigenvalue weighted by molar-refractivity contribution is 7.99. The van der Waals surface area contributed by atoms with Crippen LogP contribution in [0.1, 0.15) is 16.8 Å². The number of thioether (sulfide) groups is 1. The molecule has 30 heavy (non-hydrogen) atoms. The summed E-state index contributed by atoms with van der Waals surface area (Å²) in [6.45, 7) is 3.00. The van der Waals surface area contributed by atoms with Gasteiger partial charge in [0.25, 0.3) is 5.91 Å². The van der Waals surface area contributed by atoms with Gasteiger partial charge >= 0.3 is 0 Å². The average Bonchev–Trinajstić information content (AvgIpc) is 3.10. The molecule has 1 atom stereocenters. The lowest BCUT2D eigenvalue weighted by Gasteiger charge is -2.22. The molecule has 3 heterocycles. The third-order valence-corrected chi connectivity index (χ3v) is 6.32. The second-order valence-corrected chi connectivity index (χ2v) is 8.20. The van der Waals surface area contributed by atoms with E-state index in [9.17, 15) is 9.59 Å². The van der Waals surface area contributed by atoms with E-state index in [1.54, 1.807) is 24.0 Å². The Kier molecular flexibility index (Phi) is 6.35. The van der Waals surface area contributed by atoms with Crippen LogP contribution in [0.25, 0.3) is 10.9 Å². The molecule has 0 spiro atoms. The Morgan fingerprint density at radius 2 is 2.20 bits per heavy atom. The maximum atomic E-state index is 12.9. The molecule has 2 aliphatic rings. The van der Waals surface area contributed by atoms with Gasteiger partial charge in [-0.3, -0.25) is 14.6 Å². The summed E-state index contributed by atoms with van der Waals surface area (Å²) < 4.78 is 5.53. The average molecular weight is 426 g/mol. The number of nitrogens with zero attached hydrogens (tertiary/aromatic N) is 4. The molecule has 2 fully saturated rings. The van der Waals surface area contributed by atoms with E-state index in [0.717, 1.165) is 42.7 Å². The van der Waals surface area contributed by atoms with Crippen LogP contribution >= 0.6 is 11.8 Å². The Bertz CT molecular complexity index is 984. The van der Waals surface area contributed by atoms with Crippen LogP contribution in [0.3, 0.4) is 0 Å². The van der Waals surface area contributed by atoms with Crippen molar-refractivity contribution in [1.82, 2.24) is 15.2 Å². The van der Waals surface area contributed by atoms with Crippen molar-refractivity contribution in [1.29, 1.82) is 5.26 Å². The summed E-state index contributed by atoms with van der Waals surface area (Å²) in [5.74, 6) is 0.514. The Morgan fingerprint density at radius 1 is 1.30 bits per heavy atom. The Balaban J connectivity index is 1.51. The number of hydrogen-bond donors (Lipinski definition) is 1. The van der Waals surface area contributed by atoms with Crippen LogP contribution < -0.4 is 10.2 Å². The minimum absolute atomic E-state index is 0.134. The summed E-state index contributed by atoms with van der Waals surface area (Å²) in [5.41, 5.74) is 2.23. The standard InChI is InChI=1S/C21H23N5O3S/c22-11-16-13-30-14-26(16)20(27)12-24-21(28)17-4-5-23-19-3-2-15(10-18(17)19)25-6-1-8-29-9-7-25/h2-5,10,16H,1,6-9,12-14H2,(H,24,28). The third kappa shape index (κ3) is 4.35. The fourth-order valence-corrected chi connectivity index (χ4v) is 4.79. The van der Waals surface area contributed by atoms with Gasteiger partial charge in [-0.05, 0) is 30.7 Å². The maximum Gasteiger partial charge on any atom is 0.252 e. The summed E-state index contributed by atoms with van der Waals surface area (Å²) in [5, 5.41) is 12.6. The van der Waals surface area contributed by atoms with Crippen molar-refractivity contribution in [2.75, 3.05) is 49.4 Å². The van der Waals surface area contributed by atoms with Gasteiger partial charge in [0.15, 0.2) is 0 Å². The Labute approximate surface area is 179 Å². The number of amides is 2. The predicted molar refractivity (Wildman–Crippen MR) is 115 cm³/mol. The topological polar surface area (TPSA) is 98.6 Å². The monoisotopic (exact) mass is 425 g/mol. The lowest BCUT2D eigenvalue weighted by molar-refractivity contribution is -0.129. The minimum atomic E-state index is -0.429. The van der Waals surface area contributed by atoms with Gasteiger partial charge < -0.3 is 19.9 Å². The van der Waals surface area contributed by atoms with Crippen molar-refractivity contribution in [3.05, 3.63) is 36.0 Å². The van der Waals surface area contributed by atoms with Gasteiger partial charge in [0.1, 0.15) is 6.04 Å². The number of hydrogen-bond acceptors (Lipinski definition) is 7. The molecule has 9 heteroatoms. The molecular weight excluding hydrogens is 402 g/mol.